The summed E-state index contributed by atoms with van der Waals surface area (Å²) >= 11 is 11.7. The Bertz CT molecular complexity index is 642. The SMILES string of the molecule is COC(=O)c1ccnc(Oc2cc(Cl)cc(Cl)c2)c1N. The first-order valence-electron chi connectivity index (χ1n) is 5.48. The van der Waals surface area contributed by atoms with Crippen molar-refractivity contribution in [2.45, 2.75) is 0 Å². The summed E-state index contributed by atoms with van der Waals surface area (Å²) in [5, 5.41) is 0.824. The van der Waals surface area contributed by atoms with Crippen molar-refractivity contribution < 1.29 is 14.3 Å². The van der Waals surface area contributed by atoms with Gasteiger partial charge in [0, 0.05) is 16.2 Å². The number of halogens is 2. The molecule has 0 aliphatic carbocycles. The number of ether oxygens (including phenoxy) is 2. The Morgan fingerprint density at radius 3 is 2.50 bits per heavy atom. The van der Waals surface area contributed by atoms with Gasteiger partial charge < -0.3 is 15.2 Å². The Morgan fingerprint density at radius 1 is 1.25 bits per heavy atom. The number of carbonyl (C=O) groups excluding carboxylic acids is 1. The largest absolute Gasteiger partial charge is 0.465 e. The lowest BCUT2D eigenvalue weighted by Gasteiger charge is -2.10. The highest BCUT2D eigenvalue weighted by Gasteiger charge is 2.15. The van der Waals surface area contributed by atoms with E-state index in [1.807, 2.05) is 0 Å². The van der Waals surface area contributed by atoms with Gasteiger partial charge in [0.2, 0.25) is 5.88 Å². The number of anilines is 1. The molecule has 5 nitrogen and oxygen atoms in total. The molecule has 0 radical (unpaired) electrons. The Morgan fingerprint density at radius 2 is 1.90 bits per heavy atom. The van der Waals surface area contributed by atoms with Crippen LogP contribution in [0.2, 0.25) is 10.0 Å². The van der Waals surface area contributed by atoms with E-state index in [1.54, 1.807) is 18.2 Å². The molecule has 7 heteroatoms. The van der Waals surface area contributed by atoms with E-state index in [0.717, 1.165) is 0 Å². The molecule has 2 rings (SSSR count). The van der Waals surface area contributed by atoms with Crippen LogP contribution in [-0.4, -0.2) is 18.1 Å². The number of pyridine rings is 1. The van der Waals surface area contributed by atoms with E-state index in [9.17, 15) is 4.79 Å². The third-order valence-corrected chi connectivity index (χ3v) is 2.85. The molecule has 0 spiro atoms. The van der Waals surface area contributed by atoms with Crippen LogP contribution in [0.3, 0.4) is 0 Å². The molecule has 1 aromatic heterocycles. The third kappa shape index (κ3) is 3.12. The van der Waals surface area contributed by atoms with Crippen molar-refractivity contribution in [3.8, 4) is 11.6 Å². The molecule has 104 valence electrons. The van der Waals surface area contributed by atoms with Crippen molar-refractivity contribution in [3.63, 3.8) is 0 Å². The maximum Gasteiger partial charge on any atom is 0.340 e. The highest BCUT2D eigenvalue weighted by Crippen LogP contribution is 2.31. The fourth-order valence-electron chi connectivity index (χ4n) is 1.52. The van der Waals surface area contributed by atoms with Gasteiger partial charge in [0.15, 0.2) is 0 Å². The lowest BCUT2D eigenvalue weighted by molar-refractivity contribution is 0.0601. The zero-order valence-corrected chi connectivity index (χ0v) is 11.9. The van der Waals surface area contributed by atoms with E-state index >= 15 is 0 Å². The molecule has 0 amide bonds. The Hall–Kier alpha value is -1.98. The minimum absolute atomic E-state index is 0.0752. The molecule has 0 aliphatic rings. The molecule has 1 aromatic carbocycles. The minimum atomic E-state index is -0.570. The van der Waals surface area contributed by atoms with Gasteiger partial charge in [0.1, 0.15) is 11.4 Å². The van der Waals surface area contributed by atoms with E-state index in [1.165, 1.54) is 19.4 Å². The second-order valence-electron chi connectivity index (χ2n) is 3.78. The number of rotatable bonds is 3. The number of benzene rings is 1. The van der Waals surface area contributed by atoms with Gasteiger partial charge in [0.25, 0.3) is 0 Å². The molecule has 1 heterocycles. The monoisotopic (exact) mass is 312 g/mol. The molecule has 20 heavy (non-hydrogen) atoms. The van der Waals surface area contributed by atoms with Crippen molar-refractivity contribution in [1.82, 2.24) is 4.98 Å². The van der Waals surface area contributed by atoms with Crippen LogP contribution < -0.4 is 10.5 Å². The summed E-state index contributed by atoms with van der Waals surface area (Å²) in [7, 11) is 1.26. The molecular formula is C13H10Cl2N2O3. The van der Waals surface area contributed by atoms with Crippen LogP contribution in [0.4, 0.5) is 5.69 Å². The van der Waals surface area contributed by atoms with E-state index < -0.39 is 5.97 Å². The molecule has 2 aromatic rings. The number of esters is 1. The molecular weight excluding hydrogens is 303 g/mol. The van der Waals surface area contributed by atoms with Gasteiger partial charge in [-0.15, -0.1) is 0 Å². The minimum Gasteiger partial charge on any atom is -0.465 e. The lowest BCUT2D eigenvalue weighted by Crippen LogP contribution is -2.07. The average Bonchev–Trinajstić information content (AvgIpc) is 2.39. The van der Waals surface area contributed by atoms with Gasteiger partial charge in [-0.1, -0.05) is 23.2 Å². The van der Waals surface area contributed by atoms with Crippen molar-refractivity contribution in [3.05, 3.63) is 46.1 Å². The maximum atomic E-state index is 11.5. The van der Waals surface area contributed by atoms with E-state index in [4.69, 9.17) is 33.7 Å². The first-order chi connectivity index (χ1) is 9.51. The number of nitrogens with two attached hydrogens (primary N) is 1. The first kappa shape index (κ1) is 14.4. The van der Waals surface area contributed by atoms with E-state index in [0.29, 0.717) is 15.8 Å². The molecule has 0 unspecified atom stereocenters. The van der Waals surface area contributed by atoms with Gasteiger partial charge in [-0.2, -0.15) is 0 Å². The van der Waals surface area contributed by atoms with E-state index in [2.05, 4.69) is 9.72 Å². The van der Waals surface area contributed by atoms with Crippen LogP contribution >= 0.6 is 23.2 Å². The highest BCUT2D eigenvalue weighted by atomic mass is 35.5. The van der Waals surface area contributed by atoms with Crippen LogP contribution in [0, 0.1) is 0 Å². The quantitative estimate of drug-likeness (QED) is 0.877. The first-order valence-corrected chi connectivity index (χ1v) is 6.23. The number of carbonyl (C=O) groups is 1. The van der Waals surface area contributed by atoms with Crippen LogP contribution in [0.1, 0.15) is 10.4 Å². The second-order valence-corrected chi connectivity index (χ2v) is 4.65. The van der Waals surface area contributed by atoms with Gasteiger partial charge >= 0.3 is 5.97 Å². The number of methoxy groups -OCH3 is 1. The molecule has 2 N–H and O–H groups in total. The van der Waals surface area contributed by atoms with Gasteiger partial charge in [-0.25, -0.2) is 9.78 Å². The van der Waals surface area contributed by atoms with Crippen molar-refractivity contribution in [2.24, 2.45) is 0 Å². The van der Waals surface area contributed by atoms with Crippen LogP contribution in [-0.2, 0) is 4.74 Å². The number of nitrogens with zero attached hydrogens (tertiary/aromatic N) is 1. The molecule has 0 fully saturated rings. The molecule has 0 saturated heterocycles. The summed E-state index contributed by atoms with van der Waals surface area (Å²) in [6.45, 7) is 0. The fraction of sp³-hybridized carbons (Fsp3) is 0.0769. The average molecular weight is 313 g/mol. The molecule has 0 aliphatic heterocycles. The second kappa shape index (κ2) is 5.98. The number of aromatic nitrogens is 1. The normalized spacial score (nSPS) is 10.2. The predicted octanol–water partition coefficient (Wildman–Crippen LogP) is 3.55. The summed E-state index contributed by atoms with van der Waals surface area (Å²) in [6, 6.07) is 6.12. The summed E-state index contributed by atoms with van der Waals surface area (Å²) < 4.78 is 10.1. The van der Waals surface area contributed by atoms with Gasteiger partial charge in [-0.3, -0.25) is 0 Å². The fourth-order valence-corrected chi connectivity index (χ4v) is 2.03. The summed E-state index contributed by atoms with van der Waals surface area (Å²) in [6.07, 6.45) is 1.39. The lowest BCUT2D eigenvalue weighted by atomic mass is 10.2. The van der Waals surface area contributed by atoms with Gasteiger partial charge in [-0.05, 0) is 24.3 Å². The Kier molecular flexibility index (Phi) is 4.32. The summed E-state index contributed by atoms with van der Waals surface area (Å²) in [5.74, 6) is -0.131. The van der Waals surface area contributed by atoms with Crippen molar-refractivity contribution in [2.75, 3.05) is 12.8 Å². The Balaban J connectivity index is 2.36. The van der Waals surface area contributed by atoms with Crippen molar-refractivity contribution in [1.29, 1.82) is 0 Å². The number of hydrogen-bond donors (Lipinski definition) is 1. The third-order valence-electron chi connectivity index (χ3n) is 2.41. The van der Waals surface area contributed by atoms with E-state index in [-0.39, 0.29) is 17.1 Å². The molecule has 0 atom stereocenters. The summed E-state index contributed by atoms with van der Waals surface area (Å²) in [4.78, 5) is 15.5. The zero-order valence-electron chi connectivity index (χ0n) is 10.4. The maximum absolute atomic E-state index is 11.5. The van der Waals surface area contributed by atoms with Crippen LogP contribution in [0.25, 0.3) is 0 Å². The van der Waals surface area contributed by atoms with Crippen LogP contribution in [0.15, 0.2) is 30.5 Å². The smallest absolute Gasteiger partial charge is 0.340 e. The van der Waals surface area contributed by atoms with Gasteiger partial charge in [0.05, 0.1) is 12.7 Å². The topological polar surface area (TPSA) is 74.4 Å². The number of hydrogen-bond acceptors (Lipinski definition) is 5. The highest BCUT2D eigenvalue weighted by molar-refractivity contribution is 6.34. The molecule has 0 saturated carbocycles. The standard InChI is InChI=1S/C13H10Cl2N2O3/c1-19-13(18)10-2-3-17-12(11(10)16)20-9-5-7(14)4-8(15)6-9/h2-6H,16H2,1H3. The van der Waals surface area contributed by atoms with Crippen LogP contribution in [0.5, 0.6) is 11.6 Å². The summed E-state index contributed by atoms with van der Waals surface area (Å²) in [5.41, 5.74) is 6.08. The zero-order chi connectivity index (χ0) is 14.7. The Labute approximate surface area is 125 Å². The van der Waals surface area contributed by atoms with Crippen molar-refractivity contribution >= 4 is 34.9 Å². The molecule has 0 bridgehead atoms. The number of nitrogen functional groups attached to an aromatic ring is 1. The predicted molar refractivity (Wildman–Crippen MR) is 76.5 cm³/mol.